The Morgan fingerprint density at radius 2 is 1.94 bits per heavy atom. The summed E-state index contributed by atoms with van der Waals surface area (Å²) in [4.78, 5) is 0. The molecule has 2 heteroatoms. The SMILES string of the molecule is CC1CCC(NCCCOC2CCCC2)C1. The molecule has 1 N–H and O–H groups in total. The second kappa shape index (κ2) is 6.61. The van der Waals surface area contributed by atoms with Crippen LogP contribution in [0.15, 0.2) is 0 Å². The van der Waals surface area contributed by atoms with E-state index in [9.17, 15) is 0 Å². The summed E-state index contributed by atoms with van der Waals surface area (Å²) in [5, 5.41) is 3.66. The molecule has 2 rings (SSSR count). The maximum absolute atomic E-state index is 5.85. The number of hydrogen-bond acceptors (Lipinski definition) is 2. The van der Waals surface area contributed by atoms with Gasteiger partial charge in [0.2, 0.25) is 0 Å². The summed E-state index contributed by atoms with van der Waals surface area (Å²) in [6, 6.07) is 0.793. The van der Waals surface area contributed by atoms with E-state index in [1.165, 1.54) is 51.4 Å². The van der Waals surface area contributed by atoms with Crippen LogP contribution in [0.3, 0.4) is 0 Å². The summed E-state index contributed by atoms with van der Waals surface area (Å²) >= 11 is 0. The van der Waals surface area contributed by atoms with Gasteiger partial charge in [0.25, 0.3) is 0 Å². The molecule has 2 fully saturated rings. The summed E-state index contributed by atoms with van der Waals surface area (Å²) in [6.07, 6.45) is 11.3. The van der Waals surface area contributed by atoms with Crippen molar-refractivity contribution in [2.45, 2.75) is 70.4 Å². The van der Waals surface area contributed by atoms with Gasteiger partial charge in [-0.2, -0.15) is 0 Å². The standard InChI is InChI=1S/C14H27NO/c1-12-7-8-13(11-12)15-9-4-10-16-14-5-2-3-6-14/h12-15H,2-11H2,1H3. The van der Waals surface area contributed by atoms with Gasteiger partial charge in [0.15, 0.2) is 0 Å². The molecular weight excluding hydrogens is 198 g/mol. The van der Waals surface area contributed by atoms with Gasteiger partial charge >= 0.3 is 0 Å². The van der Waals surface area contributed by atoms with Crippen LogP contribution in [0.4, 0.5) is 0 Å². The Bertz CT molecular complexity index is 189. The number of hydrogen-bond donors (Lipinski definition) is 1. The Labute approximate surface area is 100 Å². The fraction of sp³-hybridized carbons (Fsp3) is 1.00. The Morgan fingerprint density at radius 3 is 2.62 bits per heavy atom. The van der Waals surface area contributed by atoms with E-state index in [1.54, 1.807) is 0 Å². The first-order valence-corrected chi connectivity index (χ1v) is 7.19. The molecule has 2 saturated carbocycles. The van der Waals surface area contributed by atoms with Crippen molar-refractivity contribution in [1.29, 1.82) is 0 Å². The maximum Gasteiger partial charge on any atom is 0.0575 e. The van der Waals surface area contributed by atoms with Crippen LogP contribution in [0, 0.1) is 5.92 Å². The summed E-state index contributed by atoms with van der Waals surface area (Å²) in [5.41, 5.74) is 0. The van der Waals surface area contributed by atoms with Crippen LogP contribution >= 0.6 is 0 Å². The summed E-state index contributed by atoms with van der Waals surface area (Å²) in [6.45, 7) is 4.47. The van der Waals surface area contributed by atoms with Crippen molar-refractivity contribution >= 4 is 0 Å². The third-order valence-electron chi connectivity index (χ3n) is 4.10. The highest BCUT2D eigenvalue weighted by Crippen LogP contribution is 2.24. The van der Waals surface area contributed by atoms with Crippen LogP contribution in [0.2, 0.25) is 0 Å². The minimum Gasteiger partial charge on any atom is -0.378 e. The number of ether oxygens (including phenoxy) is 1. The average Bonchev–Trinajstić information content (AvgIpc) is 2.89. The van der Waals surface area contributed by atoms with Gasteiger partial charge in [-0.25, -0.2) is 0 Å². The molecular formula is C14H27NO. The van der Waals surface area contributed by atoms with Gasteiger partial charge < -0.3 is 10.1 Å². The lowest BCUT2D eigenvalue weighted by Gasteiger charge is -2.14. The van der Waals surface area contributed by atoms with E-state index >= 15 is 0 Å². The molecule has 16 heavy (non-hydrogen) atoms. The predicted octanol–water partition coefficient (Wildman–Crippen LogP) is 3.11. The van der Waals surface area contributed by atoms with Gasteiger partial charge in [0.05, 0.1) is 6.10 Å². The van der Waals surface area contributed by atoms with Crippen molar-refractivity contribution in [2.24, 2.45) is 5.92 Å². The highest BCUT2D eigenvalue weighted by Gasteiger charge is 2.20. The lowest BCUT2D eigenvalue weighted by Crippen LogP contribution is -2.28. The molecule has 0 aliphatic heterocycles. The topological polar surface area (TPSA) is 21.3 Å². The molecule has 0 spiro atoms. The zero-order valence-corrected chi connectivity index (χ0v) is 10.7. The van der Waals surface area contributed by atoms with Gasteiger partial charge in [-0.15, -0.1) is 0 Å². The quantitative estimate of drug-likeness (QED) is 0.701. The van der Waals surface area contributed by atoms with Crippen molar-refractivity contribution < 1.29 is 4.74 Å². The Kier molecular flexibility index (Phi) is 5.11. The fourth-order valence-corrected chi connectivity index (χ4v) is 3.08. The van der Waals surface area contributed by atoms with E-state index in [1.807, 2.05) is 0 Å². The van der Waals surface area contributed by atoms with E-state index in [0.29, 0.717) is 6.10 Å². The summed E-state index contributed by atoms with van der Waals surface area (Å²) < 4.78 is 5.85. The summed E-state index contributed by atoms with van der Waals surface area (Å²) in [5.74, 6) is 0.937. The molecule has 2 aliphatic carbocycles. The molecule has 0 radical (unpaired) electrons. The first kappa shape index (κ1) is 12.4. The first-order chi connectivity index (χ1) is 7.84. The third-order valence-corrected chi connectivity index (χ3v) is 4.10. The van der Waals surface area contributed by atoms with Gasteiger partial charge in [0.1, 0.15) is 0 Å². The van der Waals surface area contributed by atoms with E-state index in [-0.39, 0.29) is 0 Å². The molecule has 0 saturated heterocycles. The highest BCUT2D eigenvalue weighted by molar-refractivity contribution is 4.78. The first-order valence-electron chi connectivity index (χ1n) is 7.19. The molecule has 2 aliphatic rings. The van der Waals surface area contributed by atoms with Gasteiger partial charge in [-0.1, -0.05) is 19.8 Å². The van der Waals surface area contributed by atoms with Crippen LogP contribution < -0.4 is 5.32 Å². The Hall–Kier alpha value is -0.0800. The highest BCUT2D eigenvalue weighted by atomic mass is 16.5. The normalized spacial score (nSPS) is 31.3. The lowest BCUT2D eigenvalue weighted by molar-refractivity contribution is 0.0566. The molecule has 2 nitrogen and oxygen atoms in total. The fourth-order valence-electron chi connectivity index (χ4n) is 3.08. The van der Waals surface area contributed by atoms with Crippen molar-refractivity contribution in [1.82, 2.24) is 5.32 Å². The van der Waals surface area contributed by atoms with Crippen LogP contribution in [-0.4, -0.2) is 25.3 Å². The molecule has 0 aromatic heterocycles. The van der Waals surface area contributed by atoms with E-state index in [2.05, 4.69) is 12.2 Å². The van der Waals surface area contributed by atoms with Crippen LogP contribution in [0.5, 0.6) is 0 Å². The average molecular weight is 225 g/mol. The lowest BCUT2D eigenvalue weighted by atomic mass is 10.1. The smallest absolute Gasteiger partial charge is 0.0575 e. The molecule has 0 aromatic rings. The van der Waals surface area contributed by atoms with E-state index < -0.39 is 0 Å². The Morgan fingerprint density at radius 1 is 1.12 bits per heavy atom. The summed E-state index contributed by atoms with van der Waals surface area (Å²) in [7, 11) is 0. The van der Waals surface area contributed by atoms with Crippen molar-refractivity contribution in [3.8, 4) is 0 Å². The maximum atomic E-state index is 5.85. The van der Waals surface area contributed by atoms with Crippen molar-refractivity contribution in [3.05, 3.63) is 0 Å². The van der Waals surface area contributed by atoms with Crippen LogP contribution in [0.1, 0.15) is 58.3 Å². The van der Waals surface area contributed by atoms with Gasteiger partial charge in [-0.3, -0.25) is 0 Å². The monoisotopic (exact) mass is 225 g/mol. The number of rotatable bonds is 6. The van der Waals surface area contributed by atoms with Gasteiger partial charge in [-0.05, 0) is 51.0 Å². The molecule has 2 atom stereocenters. The second-order valence-corrected chi connectivity index (χ2v) is 5.70. The molecule has 2 unspecified atom stereocenters. The largest absolute Gasteiger partial charge is 0.378 e. The minimum atomic E-state index is 0.589. The molecule has 0 amide bonds. The predicted molar refractivity (Wildman–Crippen MR) is 67.6 cm³/mol. The van der Waals surface area contributed by atoms with Crippen LogP contribution in [-0.2, 0) is 4.74 Å². The Balaban J connectivity index is 1.43. The number of nitrogens with one attached hydrogen (secondary N) is 1. The second-order valence-electron chi connectivity index (χ2n) is 5.70. The zero-order valence-electron chi connectivity index (χ0n) is 10.7. The van der Waals surface area contributed by atoms with Gasteiger partial charge in [0, 0.05) is 12.6 Å². The van der Waals surface area contributed by atoms with Crippen molar-refractivity contribution in [2.75, 3.05) is 13.2 Å². The third kappa shape index (κ3) is 4.06. The van der Waals surface area contributed by atoms with Crippen LogP contribution in [0.25, 0.3) is 0 Å². The zero-order chi connectivity index (χ0) is 11.2. The molecule has 94 valence electrons. The van der Waals surface area contributed by atoms with E-state index in [0.717, 1.165) is 25.1 Å². The molecule has 0 bridgehead atoms. The molecule has 0 aromatic carbocycles. The molecule has 0 heterocycles. The van der Waals surface area contributed by atoms with E-state index in [4.69, 9.17) is 4.74 Å². The minimum absolute atomic E-state index is 0.589. The van der Waals surface area contributed by atoms with Crippen molar-refractivity contribution in [3.63, 3.8) is 0 Å².